The first-order valence-corrected chi connectivity index (χ1v) is 9.01. The van der Waals surface area contributed by atoms with Gasteiger partial charge in [0.1, 0.15) is 17.5 Å². The molecule has 0 amide bonds. The van der Waals surface area contributed by atoms with Crippen LogP contribution in [0.25, 0.3) is 11.3 Å². The summed E-state index contributed by atoms with van der Waals surface area (Å²) in [5.41, 5.74) is 1.80. The number of halogens is 1. The summed E-state index contributed by atoms with van der Waals surface area (Å²) in [5.74, 6) is 3.12. The number of H-pyrrole nitrogens is 1. The molecule has 0 aliphatic heterocycles. The van der Waals surface area contributed by atoms with Gasteiger partial charge in [-0.1, -0.05) is 18.2 Å². The van der Waals surface area contributed by atoms with E-state index in [1.807, 2.05) is 7.05 Å². The van der Waals surface area contributed by atoms with E-state index >= 15 is 0 Å². The molecular weight excluding hydrogens is 325 g/mol. The number of nitrogens with one attached hydrogen (secondary N) is 1. The summed E-state index contributed by atoms with van der Waals surface area (Å²) in [6, 6.07) is 6.38. The zero-order valence-electron chi connectivity index (χ0n) is 13.4. The van der Waals surface area contributed by atoms with E-state index < -0.39 is 0 Å². The third kappa shape index (κ3) is 2.96. The monoisotopic (exact) mass is 343 g/mol. The Labute approximate surface area is 143 Å². The molecule has 0 bridgehead atoms. The van der Waals surface area contributed by atoms with Crippen molar-refractivity contribution in [2.45, 2.75) is 36.1 Å². The topological polar surface area (TPSA) is 59.4 Å². The number of rotatable bonds is 5. The van der Waals surface area contributed by atoms with Gasteiger partial charge in [-0.05, 0) is 42.7 Å². The van der Waals surface area contributed by atoms with Gasteiger partial charge < -0.3 is 9.55 Å². The van der Waals surface area contributed by atoms with Crippen molar-refractivity contribution in [3.63, 3.8) is 0 Å². The molecule has 4 rings (SSSR count). The van der Waals surface area contributed by atoms with Crippen LogP contribution in [0, 0.1) is 5.82 Å². The summed E-state index contributed by atoms with van der Waals surface area (Å²) >= 11 is 1.59. The zero-order chi connectivity index (χ0) is 16.5. The van der Waals surface area contributed by atoms with Crippen molar-refractivity contribution in [1.29, 1.82) is 0 Å². The molecule has 0 unspecified atom stereocenters. The standard InChI is InChI=1S/C17H18FN5S/c1-23-15(21-22-16(23)12-3-2-4-12)10-24-17-19-9-14(20-17)11-5-7-13(18)8-6-11/h5-9,12H,2-4,10H2,1H3,(H,19,20). The molecule has 2 aromatic heterocycles. The van der Waals surface area contributed by atoms with Crippen LogP contribution < -0.4 is 0 Å². The van der Waals surface area contributed by atoms with Crippen molar-refractivity contribution in [1.82, 2.24) is 24.7 Å². The van der Waals surface area contributed by atoms with Gasteiger partial charge in [0.2, 0.25) is 0 Å². The first-order valence-electron chi connectivity index (χ1n) is 8.02. The number of nitrogens with zero attached hydrogens (tertiary/aromatic N) is 4. The minimum atomic E-state index is -0.239. The Morgan fingerprint density at radius 3 is 2.75 bits per heavy atom. The molecule has 124 valence electrons. The number of hydrogen-bond donors (Lipinski definition) is 1. The summed E-state index contributed by atoms with van der Waals surface area (Å²) < 4.78 is 15.1. The Balaban J connectivity index is 1.43. The van der Waals surface area contributed by atoms with E-state index in [4.69, 9.17) is 0 Å². The fraction of sp³-hybridized carbons (Fsp3) is 0.353. The Morgan fingerprint density at radius 2 is 2.04 bits per heavy atom. The van der Waals surface area contributed by atoms with E-state index in [9.17, 15) is 4.39 Å². The molecule has 1 N–H and O–H groups in total. The summed E-state index contributed by atoms with van der Waals surface area (Å²) in [6.45, 7) is 0. The van der Waals surface area contributed by atoms with Crippen LogP contribution in [0.1, 0.15) is 36.8 Å². The summed E-state index contributed by atoms with van der Waals surface area (Å²) in [6.07, 6.45) is 5.50. The first kappa shape index (κ1) is 15.4. The highest BCUT2D eigenvalue weighted by atomic mass is 32.2. The van der Waals surface area contributed by atoms with Crippen LogP contribution in [-0.2, 0) is 12.8 Å². The van der Waals surface area contributed by atoms with Gasteiger partial charge in [0, 0.05) is 13.0 Å². The normalized spacial score (nSPS) is 14.8. The van der Waals surface area contributed by atoms with Gasteiger partial charge in [-0.2, -0.15) is 0 Å². The molecule has 3 aromatic rings. The lowest BCUT2D eigenvalue weighted by Gasteiger charge is -2.24. The maximum Gasteiger partial charge on any atom is 0.166 e. The maximum atomic E-state index is 13.0. The lowest BCUT2D eigenvalue weighted by atomic mass is 9.85. The van der Waals surface area contributed by atoms with Gasteiger partial charge >= 0.3 is 0 Å². The summed E-state index contributed by atoms with van der Waals surface area (Å²) in [7, 11) is 2.04. The highest BCUT2D eigenvalue weighted by molar-refractivity contribution is 7.98. The average Bonchev–Trinajstić information content (AvgIpc) is 3.13. The van der Waals surface area contributed by atoms with Gasteiger partial charge in [-0.25, -0.2) is 9.37 Å². The molecule has 1 saturated carbocycles. The second kappa shape index (κ2) is 6.39. The lowest BCUT2D eigenvalue weighted by molar-refractivity contribution is 0.391. The number of aromatic amines is 1. The smallest absolute Gasteiger partial charge is 0.166 e. The summed E-state index contributed by atoms with van der Waals surface area (Å²) in [4.78, 5) is 7.65. The fourth-order valence-corrected chi connectivity index (χ4v) is 3.63. The lowest BCUT2D eigenvalue weighted by Crippen LogP contribution is -2.14. The first-order chi connectivity index (χ1) is 11.7. The van der Waals surface area contributed by atoms with Crippen LogP contribution in [0.2, 0.25) is 0 Å². The van der Waals surface area contributed by atoms with E-state index in [-0.39, 0.29) is 5.82 Å². The van der Waals surface area contributed by atoms with E-state index in [0.717, 1.165) is 28.1 Å². The van der Waals surface area contributed by atoms with E-state index in [0.29, 0.717) is 11.7 Å². The molecule has 5 nitrogen and oxygen atoms in total. The van der Waals surface area contributed by atoms with Crippen LogP contribution in [0.4, 0.5) is 4.39 Å². The highest BCUT2D eigenvalue weighted by Gasteiger charge is 2.25. The van der Waals surface area contributed by atoms with Crippen molar-refractivity contribution >= 4 is 11.8 Å². The van der Waals surface area contributed by atoms with Gasteiger partial charge in [-0.3, -0.25) is 0 Å². The van der Waals surface area contributed by atoms with E-state index in [1.54, 1.807) is 30.1 Å². The molecule has 1 fully saturated rings. The van der Waals surface area contributed by atoms with Crippen LogP contribution in [0.5, 0.6) is 0 Å². The van der Waals surface area contributed by atoms with Crippen molar-refractivity contribution in [2.24, 2.45) is 7.05 Å². The molecule has 7 heteroatoms. The third-order valence-corrected chi connectivity index (χ3v) is 5.40. The Morgan fingerprint density at radius 1 is 1.25 bits per heavy atom. The second-order valence-electron chi connectivity index (χ2n) is 6.06. The largest absolute Gasteiger partial charge is 0.333 e. The zero-order valence-corrected chi connectivity index (χ0v) is 14.2. The molecule has 24 heavy (non-hydrogen) atoms. The molecule has 2 heterocycles. The van der Waals surface area contributed by atoms with Crippen LogP contribution in [-0.4, -0.2) is 24.7 Å². The van der Waals surface area contributed by atoms with Gasteiger partial charge in [-0.15, -0.1) is 10.2 Å². The number of thioether (sulfide) groups is 1. The van der Waals surface area contributed by atoms with Gasteiger partial charge in [0.25, 0.3) is 0 Å². The number of hydrogen-bond acceptors (Lipinski definition) is 4. The van der Waals surface area contributed by atoms with E-state index in [2.05, 4.69) is 24.7 Å². The molecule has 1 aromatic carbocycles. The average molecular weight is 343 g/mol. The predicted molar refractivity (Wildman–Crippen MR) is 91.1 cm³/mol. The Hall–Kier alpha value is -2.15. The van der Waals surface area contributed by atoms with Crippen LogP contribution in [0.15, 0.2) is 35.6 Å². The maximum absolute atomic E-state index is 13.0. The Bertz CT molecular complexity index is 835. The minimum Gasteiger partial charge on any atom is -0.333 e. The van der Waals surface area contributed by atoms with Gasteiger partial charge in [0.15, 0.2) is 5.16 Å². The highest BCUT2D eigenvalue weighted by Crippen LogP contribution is 2.35. The number of benzene rings is 1. The molecular formula is C17H18FN5S. The van der Waals surface area contributed by atoms with Crippen LogP contribution >= 0.6 is 11.8 Å². The molecule has 1 aliphatic carbocycles. The van der Waals surface area contributed by atoms with Crippen LogP contribution in [0.3, 0.4) is 0 Å². The molecule has 1 aliphatic rings. The number of imidazole rings is 1. The molecule has 0 saturated heterocycles. The van der Waals surface area contributed by atoms with Gasteiger partial charge in [0.05, 0.1) is 17.6 Å². The quantitative estimate of drug-likeness (QED) is 0.714. The molecule has 0 atom stereocenters. The van der Waals surface area contributed by atoms with Crippen molar-refractivity contribution < 1.29 is 4.39 Å². The Kier molecular flexibility index (Phi) is 4.10. The third-order valence-electron chi connectivity index (χ3n) is 4.51. The van der Waals surface area contributed by atoms with Crippen molar-refractivity contribution in [3.05, 3.63) is 47.9 Å². The molecule has 0 radical (unpaired) electrons. The van der Waals surface area contributed by atoms with Crippen molar-refractivity contribution in [2.75, 3.05) is 0 Å². The van der Waals surface area contributed by atoms with Crippen molar-refractivity contribution in [3.8, 4) is 11.3 Å². The minimum absolute atomic E-state index is 0.239. The predicted octanol–water partition coefficient (Wildman–Crippen LogP) is 3.90. The summed E-state index contributed by atoms with van der Waals surface area (Å²) in [5, 5.41) is 9.48. The second-order valence-corrected chi connectivity index (χ2v) is 7.02. The SMILES string of the molecule is Cn1c(CSc2ncc(-c3ccc(F)cc3)[nH]2)nnc1C1CCC1. The fourth-order valence-electron chi connectivity index (χ4n) is 2.81. The van der Waals surface area contributed by atoms with E-state index in [1.165, 1.54) is 31.4 Å². The molecule has 0 spiro atoms. The number of aromatic nitrogens is 5.